The summed E-state index contributed by atoms with van der Waals surface area (Å²) in [5, 5.41) is 6.95. The summed E-state index contributed by atoms with van der Waals surface area (Å²) in [5.41, 5.74) is 2.18. The van der Waals surface area contributed by atoms with Crippen molar-refractivity contribution in [3.63, 3.8) is 0 Å². The smallest absolute Gasteiger partial charge is 0.258 e. The van der Waals surface area contributed by atoms with Gasteiger partial charge in [0.2, 0.25) is 0 Å². The van der Waals surface area contributed by atoms with E-state index in [1.165, 1.54) is 0 Å². The van der Waals surface area contributed by atoms with Gasteiger partial charge in [0.05, 0.1) is 17.8 Å². The molecular formula is C15H21N3O2. The highest BCUT2D eigenvalue weighted by Gasteiger charge is 2.24. The van der Waals surface area contributed by atoms with Crippen molar-refractivity contribution in [1.82, 2.24) is 15.1 Å². The molecule has 2 aromatic rings. The predicted octanol–water partition coefficient (Wildman–Crippen LogP) is 2.98. The van der Waals surface area contributed by atoms with Crippen LogP contribution in [0.3, 0.4) is 0 Å². The zero-order valence-corrected chi connectivity index (χ0v) is 12.7. The Balaban J connectivity index is 2.27. The quantitative estimate of drug-likeness (QED) is 0.933. The van der Waals surface area contributed by atoms with Crippen LogP contribution in [-0.4, -0.2) is 27.0 Å². The molecule has 0 aliphatic heterocycles. The van der Waals surface area contributed by atoms with Crippen molar-refractivity contribution in [1.29, 1.82) is 0 Å². The molecule has 2 aromatic heterocycles. The second-order valence-electron chi connectivity index (χ2n) is 5.35. The van der Waals surface area contributed by atoms with Gasteiger partial charge in [-0.1, -0.05) is 0 Å². The van der Waals surface area contributed by atoms with Gasteiger partial charge < -0.3 is 9.32 Å². The van der Waals surface area contributed by atoms with Crippen molar-refractivity contribution in [2.75, 3.05) is 0 Å². The normalized spacial score (nSPS) is 11.1. The van der Waals surface area contributed by atoms with Gasteiger partial charge in [-0.15, -0.1) is 0 Å². The van der Waals surface area contributed by atoms with Crippen molar-refractivity contribution in [2.45, 2.75) is 47.2 Å². The van der Waals surface area contributed by atoms with E-state index < -0.39 is 0 Å². The first-order valence-electron chi connectivity index (χ1n) is 6.78. The average Bonchev–Trinajstić information content (AvgIpc) is 2.92. The molecule has 0 unspecified atom stereocenters. The van der Waals surface area contributed by atoms with E-state index in [0.717, 1.165) is 22.9 Å². The van der Waals surface area contributed by atoms with Crippen molar-refractivity contribution >= 4 is 5.91 Å². The lowest BCUT2D eigenvalue weighted by Crippen LogP contribution is -2.36. The van der Waals surface area contributed by atoms with Crippen LogP contribution in [0.1, 0.15) is 47.1 Å². The number of hydrogen-bond acceptors (Lipinski definition) is 3. The summed E-state index contributed by atoms with van der Waals surface area (Å²) in [4.78, 5) is 14.5. The van der Waals surface area contributed by atoms with E-state index in [4.69, 9.17) is 4.42 Å². The molecule has 0 aromatic carbocycles. The number of nitrogens with zero attached hydrogens (tertiary/aromatic N) is 2. The lowest BCUT2D eigenvalue weighted by atomic mass is 10.1. The van der Waals surface area contributed by atoms with E-state index in [0.29, 0.717) is 12.1 Å². The number of nitrogens with one attached hydrogen (secondary N) is 1. The lowest BCUT2D eigenvalue weighted by molar-refractivity contribution is 0.0674. The van der Waals surface area contributed by atoms with Crippen LogP contribution in [0.4, 0.5) is 0 Å². The summed E-state index contributed by atoms with van der Waals surface area (Å²) in [6.45, 7) is 10.1. The zero-order valence-electron chi connectivity index (χ0n) is 12.7. The summed E-state index contributed by atoms with van der Waals surface area (Å²) in [7, 11) is 0. The number of carbonyl (C=O) groups excluding carboxylic acids is 1. The minimum absolute atomic E-state index is 0.0159. The fourth-order valence-corrected chi connectivity index (χ4v) is 2.24. The molecule has 0 saturated carbocycles. The molecule has 0 aliphatic rings. The topological polar surface area (TPSA) is 62.1 Å². The standard InChI is InChI=1S/C15H21N3O2/c1-9(2)18(8-13-7-6-10(3)20-13)15(19)14-11(4)16-17-12(14)5/h6-7,9H,8H2,1-5H3,(H,16,17). The lowest BCUT2D eigenvalue weighted by Gasteiger charge is -2.26. The van der Waals surface area contributed by atoms with Gasteiger partial charge in [-0.3, -0.25) is 9.89 Å². The number of aromatic amines is 1. The molecule has 108 valence electrons. The molecule has 0 aliphatic carbocycles. The van der Waals surface area contributed by atoms with E-state index in [1.54, 1.807) is 4.90 Å². The molecule has 2 rings (SSSR count). The molecule has 1 N–H and O–H groups in total. The minimum Gasteiger partial charge on any atom is -0.464 e. The van der Waals surface area contributed by atoms with Crippen LogP contribution < -0.4 is 0 Å². The largest absolute Gasteiger partial charge is 0.464 e. The second-order valence-corrected chi connectivity index (χ2v) is 5.35. The average molecular weight is 275 g/mol. The number of amides is 1. The van der Waals surface area contributed by atoms with E-state index in [2.05, 4.69) is 10.2 Å². The molecule has 0 spiro atoms. The van der Waals surface area contributed by atoms with Gasteiger partial charge in [0, 0.05) is 11.7 Å². The summed E-state index contributed by atoms with van der Waals surface area (Å²) >= 11 is 0. The van der Waals surface area contributed by atoms with Gasteiger partial charge >= 0.3 is 0 Å². The Bertz CT molecular complexity index is 591. The highest BCUT2D eigenvalue weighted by atomic mass is 16.3. The summed E-state index contributed by atoms with van der Waals surface area (Å²) in [6.07, 6.45) is 0. The third-order valence-corrected chi connectivity index (χ3v) is 3.35. The maximum absolute atomic E-state index is 12.7. The summed E-state index contributed by atoms with van der Waals surface area (Å²) in [6, 6.07) is 3.90. The molecule has 0 radical (unpaired) electrons. The van der Waals surface area contributed by atoms with Crippen LogP contribution in [0, 0.1) is 20.8 Å². The number of aryl methyl sites for hydroxylation is 3. The highest BCUT2D eigenvalue weighted by Crippen LogP contribution is 2.18. The van der Waals surface area contributed by atoms with Crippen LogP contribution in [-0.2, 0) is 6.54 Å². The number of furan rings is 1. The van der Waals surface area contributed by atoms with Gasteiger partial charge in [0.15, 0.2) is 0 Å². The second kappa shape index (κ2) is 5.53. The number of H-pyrrole nitrogens is 1. The molecule has 0 fully saturated rings. The Kier molecular flexibility index (Phi) is 3.97. The first-order chi connectivity index (χ1) is 9.40. The molecule has 2 heterocycles. The molecule has 5 nitrogen and oxygen atoms in total. The fraction of sp³-hybridized carbons (Fsp3) is 0.467. The van der Waals surface area contributed by atoms with Crippen LogP contribution in [0.25, 0.3) is 0 Å². The molecule has 20 heavy (non-hydrogen) atoms. The van der Waals surface area contributed by atoms with Gasteiger partial charge in [-0.25, -0.2) is 0 Å². The van der Waals surface area contributed by atoms with Crippen molar-refractivity contribution in [2.24, 2.45) is 0 Å². The molecule has 0 bridgehead atoms. The van der Waals surface area contributed by atoms with Gasteiger partial charge in [-0.05, 0) is 46.8 Å². The Labute approximate surface area is 119 Å². The van der Waals surface area contributed by atoms with E-state index in [9.17, 15) is 4.79 Å². The summed E-state index contributed by atoms with van der Waals surface area (Å²) in [5.74, 6) is 1.63. The fourth-order valence-electron chi connectivity index (χ4n) is 2.24. The number of carbonyl (C=O) groups is 1. The number of hydrogen-bond donors (Lipinski definition) is 1. The van der Waals surface area contributed by atoms with E-state index in [1.807, 2.05) is 46.8 Å². The first kappa shape index (κ1) is 14.4. The zero-order chi connectivity index (χ0) is 14.9. The molecule has 1 amide bonds. The van der Waals surface area contributed by atoms with Crippen molar-refractivity contribution < 1.29 is 9.21 Å². The molecule has 5 heteroatoms. The highest BCUT2D eigenvalue weighted by molar-refractivity contribution is 5.96. The molecule has 0 saturated heterocycles. The predicted molar refractivity (Wildman–Crippen MR) is 76.5 cm³/mol. The minimum atomic E-state index is -0.0159. The Morgan fingerprint density at radius 2 is 2.05 bits per heavy atom. The number of rotatable bonds is 4. The van der Waals surface area contributed by atoms with E-state index >= 15 is 0 Å². The SMILES string of the molecule is Cc1ccc(CN(C(=O)c2c(C)n[nH]c2C)C(C)C)o1. The van der Waals surface area contributed by atoms with Gasteiger partial charge in [0.25, 0.3) is 5.91 Å². The van der Waals surface area contributed by atoms with Crippen LogP contribution >= 0.6 is 0 Å². The maximum Gasteiger partial charge on any atom is 0.258 e. The Morgan fingerprint density at radius 3 is 2.50 bits per heavy atom. The molecular weight excluding hydrogens is 254 g/mol. The van der Waals surface area contributed by atoms with E-state index in [-0.39, 0.29) is 11.9 Å². The van der Waals surface area contributed by atoms with Crippen LogP contribution in [0.15, 0.2) is 16.5 Å². The van der Waals surface area contributed by atoms with Crippen molar-refractivity contribution in [3.05, 3.63) is 40.6 Å². The van der Waals surface area contributed by atoms with Crippen LogP contribution in [0.5, 0.6) is 0 Å². The Morgan fingerprint density at radius 1 is 1.35 bits per heavy atom. The third kappa shape index (κ3) is 2.76. The summed E-state index contributed by atoms with van der Waals surface area (Å²) < 4.78 is 5.57. The van der Waals surface area contributed by atoms with Crippen LogP contribution in [0.2, 0.25) is 0 Å². The maximum atomic E-state index is 12.7. The Hall–Kier alpha value is -2.04. The van der Waals surface area contributed by atoms with Gasteiger partial charge in [0.1, 0.15) is 11.5 Å². The first-order valence-corrected chi connectivity index (χ1v) is 6.78. The van der Waals surface area contributed by atoms with Gasteiger partial charge in [-0.2, -0.15) is 5.10 Å². The van der Waals surface area contributed by atoms with Crippen molar-refractivity contribution in [3.8, 4) is 0 Å². The number of aromatic nitrogens is 2. The monoisotopic (exact) mass is 275 g/mol. The third-order valence-electron chi connectivity index (χ3n) is 3.35. The molecule has 0 atom stereocenters.